The number of piperidine rings is 1. The highest BCUT2D eigenvalue weighted by Crippen LogP contribution is 2.36. The van der Waals surface area contributed by atoms with Gasteiger partial charge in [0.05, 0.1) is 30.8 Å². The molecule has 9 nitrogen and oxygen atoms in total. The van der Waals surface area contributed by atoms with Crippen molar-refractivity contribution in [3.05, 3.63) is 35.6 Å². The van der Waals surface area contributed by atoms with Gasteiger partial charge >= 0.3 is 0 Å². The van der Waals surface area contributed by atoms with Crippen LogP contribution in [0.1, 0.15) is 12.8 Å². The largest absolute Gasteiger partial charge is 0.495 e. The van der Waals surface area contributed by atoms with Crippen LogP contribution in [-0.2, 0) is 4.79 Å². The van der Waals surface area contributed by atoms with E-state index in [2.05, 4.69) is 25.5 Å². The van der Waals surface area contributed by atoms with Gasteiger partial charge in [0.15, 0.2) is 5.65 Å². The number of fused-ring (bicyclic) bond motifs is 1. The number of benzene rings is 1. The lowest BCUT2D eigenvalue weighted by Crippen LogP contribution is -2.41. The maximum absolute atomic E-state index is 12.9. The average Bonchev–Trinajstić information content (AvgIpc) is 3.22. The van der Waals surface area contributed by atoms with Crippen molar-refractivity contribution in [1.82, 2.24) is 19.8 Å². The number of carbonyl (C=O) groups excluding carboxylic acids is 1. The molecule has 4 rings (SSSR count). The molecule has 1 saturated heterocycles. The molecule has 2 aromatic heterocycles. The summed E-state index contributed by atoms with van der Waals surface area (Å²) in [7, 11) is 3.06. The highest BCUT2D eigenvalue weighted by atomic mass is 35.5. The van der Waals surface area contributed by atoms with Gasteiger partial charge in [0, 0.05) is 19.2 Å². The molecule has 1 unspecified atom stereocenters. The third kappa shape index (κ3) is 3.91. The maximum Gasteiger partial charge on any atom is 0.229 e. The van der Waals surface area contributed by atoms with Gasteiger partial charge in [-0.05, 0) is 31.0 Å². The third-order valence-electron chi connectivity index (χ3n) is 5.00. The van der Waals surface area contributed by atoms with Crippen molar-refractivity contribution >= 4 is 34.7 Å². The number of halogens is 1. The lowest BCUT2D eigenvalue weighted by Gasteiger charge is -2.32. The summed E-state index contributed by atoms with van der Waals surface area (Å²) in [6.07, 6.45) is 3.25. The maximum atomic E-state index is 12.9. The molecule has 3 heterocycles. The molecule has 1 atom stereocenters. The number of nitrogens with zero attached hydrogens (tertiary/aromatic N) is 5. The summed E-state index contributed by atoms with van der Waals surface area (Å²) < 4.78 is 12.2. The quantitative estimate of drug-likeness (QED) is 0.683. The van der Waals surface area contributed by atoms with E-state index in [1.54, 1.807) is 23.0 Å². The Morgan fingerprint density at radius 3 is 2.86 bits per heavy atom. The van der Waals surface area contributed by atoms with Crippen molar-refractivity contribution in [1.29, 1.82) is 0 Å². The summed E-state index contributed by atoms with van der Waals surface area (Å²) in [4.78, 5) is 15.0. The minimum atomic E-state index is -0.187. The van der Waals surface area contributed by atoms with Crippen molar-refractivity contribution < 1.29 is 14.3 Å². The van der Waals surface area contributed by atoms with Gasteiger partial charge in [-0.2, -0.15) is 4.52 Å². The van der Waals surface area contributed by atoms with Crippen molar-refractivity contribution in [3.8, 4) is 11.5 Å². The van der Waals surface area contributed by atoms with E-state index in [1.807, 2.05) is 12.1 Å². The SMILES string of the molecule is COc1cc(OC)c(NC(=O)C2CCCN(c3ccc4nncn4n3)C2)cc1Cl. The van der Waals surface area contributed by atoms with Gasteiger partial charge < -0.3 is 19.7 Å². The summed E-state index contributed by atoms with van der Waals surface area (Å²) in [6, 6.07) is 7.06. The number of carbonyl (C=O) groups is 1. The zero-order chi connectivity index (χ0) is 20.4. The number of ether oxygens (including phenoxy) is 2. The molecule has 1 amide bonds. The summed E-state index contributed by atoms with van der Waals surface area (Å²) in [5.74, 6) is 1.50. The van der Waals surface area contributed by atoms with Crippen LogP contribution in [0, 0.1) is 5.92 Å². The molecule has 0 radical (unpaired) electrons. The van der Waals surface area contributed by atoms with Crippen molar-refractivity contribution in [2.75, 3.05) is 37.5 Å². The smallest absolute Gasteiger partial charge is 0.229 e. The van der Waals surface area contributed by atoms with Gasteiger partial charge in [-0.15, -0.1) is 15.3 Å². The van der Waals surface area contributed by atoms with E-state index in [1.165, 1.54) is 14.2 Å². The van der Waals surface area contributed by atoms with Crippen LogP contribution in [-0.4, -0.2) is 53.0 Å². The van der Waals surface area contributed by atoms with Gasteiger partial charge in [0.25, 0.3) is 0 Å². The molecule has 1 aliphatic heterocycles. The van der Waals surface area contributed by atoms with Crippen molar-refractivity contribution in [2.24, 2.45) is 5.92 Å². The van der Waals surface area contributed by atoms with Crippen molar-refractivity contribution in [3.63, 3.8) is 0 Å². The zero-order valence-electron chi connectivity index (χ0n) is 16.1. The van der Waals surface area contributed by atoms with E-state index < -0.39 is 0 Å². The fraction of sp³-hybridized carbons (Fsp3) is 0.368. The monoisotopic (exact) mass is 416 g/mol. The number of hydrogen-bond donors (Lipinski definition) is 1. The van der Waals surface area contributed by atoms with E-state index in [0.717, 1.165) is 25.2 Å². The molecular formula is C19H21ClN6O3. The Morgan fingerprint density at radius 1 is 1.24 bits per heavy atom. The predicted octanol–water partition coefficient (Wildman–Crippen LogP) is 2.65. The zero-order valence-corrected chi connectivity index (χ0v) is 16.9. The standard InChI is InChI=1S/C19H21ClN6O3/c1-28-15-9-16(29-2)14(8-13(15)20)22-19(27)12-4-3-7-25(10-12)18-6-5-17-23-21-11-26(17)24-18/h5-6,8-9,11-12H,3-4,7,10H2,1-2H3,(H,22,27). The highest BCUT2D eigenvalue weighted by Gasteiger charge is 2.27. The second-order valence-corrected chi connectivity index (χ2v) is 7.19. The van der Waals surface area contributed by atoms with Gasteiger partial charge in [0.1, 0.15) is 23.6 Å². The van der Waals surface area contributed by atoms with Gasteiger partial charge in [-0.3, -0.25) is 4.79 Å². The van der Waals surface area contributed by atoms with Crippen LogP contribution >= 0.6 is 11.6 Å². The Kier molecular flexibility index (Phi) is 5.39. The number of methoxy groups -OCH3 is 2. The predicted molar refractivity (Wildman–Crippen MR) is 109 cm³/mol. The Bertz CT molecular complexity index is 1040. The Morgan fingerprint density at radius 2 is 2.07 bits per heavy atom. The minimum Gasteiger partial charge on any atom is -0.495 e. The van der Waals surface area contributed by atoms with Gasteiger partial charge in [-0.1, -0.05) is 11.6 Å². The lowest BCUT2D eigenvalue weighted by molar-refractivity contribution is -0.120. The second-order valence-electron chi connectivity index (χ2n) is 6.79. The molecule has 1 aromatic carbocycles. The molecule has 1 aliphatic rings. The number of rotatable bonds is 5. The second kappa shape index (κ2) is 8.12. The highest BCUT2D eigenvalue weighted by molar-refractivity contribution is 6.32. The molecule has 0 aliphatic carbocycles. The van der Waals surface area contributed by atoms with E-state index in [9.17, 15) is 4.79 Å². The van der Waals surface area contributed by atoms with Crippen LogP contribution in [0.25, 0.3) is 5.65 Å². The first-order valence-corrected chi connectivity index (χ1v) is 9.61. The van der Waals surface area contributed by atoms with Crippen molar-refractivity contribution in [2.45, 2.75) is 12.8 Å². The number of hydrogen-bond acceptors (Lipinski definition) is 7. The third-order valence-corrected chi connectivity index (χ3v) is 5.29. The summed E-state index contributed by atoms with van der Waals surface area (Å²) in [5.41, 5.74) is 1.20. The topological polar surface area (TPSA) is 93.9 Å². The Labute approximate surface area is 172 Å². The average molecular weight is 417 g/mol. The number of amides is 1. The molecule has 29 heavy (non-hydrogen) atoms. The first kappa shape index (κ1) is 19.3. The Balaban J connectivity index is 1.49. The van der Waals surface area contributed by atoms with Crippen LogP contribution in [0.5, 0.6) is 11.5 Å². The molecule has 0 bridgehead atoms. The van der Waals surface area contributed by atoms with Crippen LogP contribution in [0.4, 0.5) is 11.5 Å². The summed E-state index contributed by atoms with van der Waals surface area (Å²) in [5, 5.41) is 15.7. The van der Waals surface area contributed by atoms with Crippen LogP contribution in [0.2, 0.25) is 5.02 Å². The van der Waals surface area contributed by atoms with E-state index in [4.69, 9.17) is 21.1 Å². The molecule has 152 valence electrons. The number of nitrogens with one attached hydrogen (secondary N) is 1. The summed E-state index contributed by atoms with van der Waals surface area (Å²) in [6.45, 7) is 1.40. The Hall–Kier alpha value is -3.07. The first-order valence-electron chi connectivity index (χ1n) is 9.23. The van der Waals surface area contributed by atoms with E-state index in [0.29, 0.717) is 34.4 Å². The first-order chi connectivity index (χ1) is 14.1. The van der Waals surface area contributed by atoms with Gasteiger partial charge in [-0.25, -0.2) is 0 Å². The minimum absolute atomic E-state index is 0.0837. The van der Waals surface area contributed by atoms with Crippen LogP contribution < -0.4 is 19.7 Å². The molecule has 1 N–H and O–H groups in total. The fourth-order valence-corrected chi connectivity index (χ4v) is 3.72. The summed E-state index contributed by atoms with van der Waals surface area (Å²) >= 11 is 6.21. The fourth-order valence-electron chi connectivity index (χ4n) is 3.48. The van der Waals surface area contributed by atoms with Crippen LogP contribution in [0.15, 0.2) is 30.6 Å². The molecule has 0 spiro atoms. The van der Waals surface area contributed by atoms with Crippen LogP contribution in [0.3, 0.4) is 0 Å². The lowest BCUT2D eigenvalue weighted by atomic mass is 9.97. The molecule has 1 fully saturated rings. The number of aromatic nitrogens is 4. The molecule has 0 saturated carbocycles. The molecule has 3 aromatic rings. The molecule has 10 heteroatoms. The van der Waals surface area contributed by atoms with Gasteiger partial charge in [0.2, 0.25) is 5.91 Å². The van der Waals surface area contributed by atoms with E-state index >= 15 is 0 Å². The molecular weight excluding hydrogens is 396 g/mol. The van der Waals surface area contributed by atoms with E-state index in [-0.39, 0.29) is 11.8 Å². The normalized spacial score (nSPS) is 16.7. The number of anilines is 2.